The predicted octanol–water partition coefficient (Wildman–Crippen LogP) is 5.42. The highest BCUT2D eigenvalue weighted by Crippen LogP contribution is 2.32. The van der Waals surface area contributed by atoms with Crippen LogP contribution in [0.1, 0.15) is 21.6 Å². The van der Waals surface area contributed by atoms with Crippen molar-refractivity contribution in [3.8, 4) is 11.5 Å². The third kappa shape index (κ3) is 4.37. The van der Waals surface area contributed by atoms with Crippen LogP contribution in [0.3, 0.4) is 0 Å². The third-order valence-corrected chi connectivity index (χ3v) is 6.01. The first-order chi connectivity index (χ1) is 14.5. The van der Waals surface area contributed by atoms with Crippen molar-refractivity contribution in [3.63, 3.8) is 0 Å². The lowest BCUT2D eigenvalue weighted by molar-refractivity contribution is 0.0958. The minimum absolute atomic E-state index is 0.261. The maximum atomic E-state index is 11.7. The summed E-state index contributed by atoms with van der Waals surface area (Å²) in [4.78, 5) is 20.4. The smallest absolute Gasteiger partial charge is 0.269 e. The summed E-state index contributed by atoms with van der Waals surface area (Å²) in [5, 5.41) is 7.48. The quantitative estimate of drug-likeness (QED) is 0.420. The van der Waals surface area contributed by atoms with E-state index in [1.807, 2.05) is 43.3 Å². The minimum atomic E-state index is -0.261. The lowest BCUT2D eigenvalue weighted by Gasteiger charge is -2.07. The lowest BCUT2D eigenvalue weighted by Crippen LogP contribution is -2.18. The molecule has 0 aliphatic carbocycles. The summed E-state index contributed by atoms with van der Waals surface area (Å²) in [6.45, 7) is 2.59. The monoisotopic (exact) mass is 438 g/mol. The van der Waals surface area contributed by atoms with Gasteiger partial charge in [0.2, 0.25) is 0 Å². The number of aromatic nitrogens is 2. The van der Waals surface area contributed by atoms with Crippen molar-refractivity contribution in [2.24, 2.45) is 0 Å². The minimum Gasteiger partial charge on any atom is -0.457 e. The topological polar surface area (TPSA) is 76.1 Å². The van der Waals surface area contributed by atoms with Crippen molar-refractivity contribution in [3.05, 3.63) is 76.6 Å². The maximum Gasteiger partial charge on any atom is 0.269 e. The number of halogens is 1. The van der Waals surface area contributed by atoms with Crippen molar-refractivity contribution >= 4 is 44.2 Å². The molecule has 1 amide bonds. The fourth-order valence-electron chi connectivity index (χ4n) is 2.92. The number of benzene rings is 2. The Hall–Kier alpha value is -3.16. The van der Waals surface area contributed by atoms with Crippen LogP contribution in [-0.4, -0.2) is 22.9 Å². The summed E-state index contributed by atoms with van der Waals surface area (Å²) in [5.41, 5.74) is 3.27. The highest BCUT2D eigenvalue weighted by Gasteiger charge is 2.10. The first kappa shape index (κ1) is 20.1. The molecule has 0 bridgehead atoms. The zero-order valence-corrected chi connectivity index (χ0v) is 18.0. The molecule has 4 aromatic rings. The summed E-state index contributed by atoms with van der Waals surface area (Å²) < 4.78 is 6.90. The van der Waals surface area contributed by atoms with E-state index in [2.05, 4.69) is 20.6 Å². The van der Waals surface area contributed by atoms with Crippen LogP contribution in [0.2, 0.25) is 5.02 Å². The van der Waals surface area contributed by atoms with Crippen molar-refractivity contribution < 1.29 is 9.53 Å². The van der Waals surface area contributed by atoms with Crippen LogP contribution in [0.15, 0.2) is 54.7 Å². The molecule has 2 N–H and O–H groups in total. The van der Waals surface area contributed by atoms with E-state index >= 15 is 0 Å². The molecule has 4 rings (SSSR count). The van der Waals surface area contributed by atoms with Gasteiger partial charge in [0.05, 0.1) is 10.2 Å². The molecule has 0 saturated heterocycles. The molecular weight excluding hydrogens is 420 g/mol. The number of aryl methyl sites for hydroxylation is 1. The molecule has 0 spiro atoms. The van der Waals surface area contributed by atoms with E-state index in [0.29, 0.717) is 23.7 Å². The summed E-state index contributed by atoms with van der Waals surface area (Å²) in [6.07, 6.45) is 1.55. The Balaban J connectivity index is 1.50. The van der Waals surface area contributed by atoms with Gasteiger partial charge in [-0.15, -0.1) is 0 Å². The van der Waals surface area contributed by atoms with Gasteiger partial charge < -0.3 is 15.4 Å². The molecule has 0 atom stereocenters. The maximum absolute atomic E-state index is 11.7. The summed E-state index contributed by atoms with van der Waals surface area (Å²) in [5.74, 6) is 0.941. The van der Waals surface area contributed by atoms with Gasteiger partial charge in [0, 0.05) is 36.9 Å². The lowest BCUT2D eigenvalue weighted by atomic mass is 10.1. The van der Waals surface area contributed by atoms with Crippen LogP contribution >= 0.6 is 22.9 Å². The SMILES string of the molecule is CNC(=O)c1cc(Oc2ccc3nc(NCc4cccc(C)c4Cl)sc3c2)ccn1. The largest absolute Gasteiger partial charge is 0.457 e. The van der Waals surface area contributed by atoms with Crippen LogP contribution < -0.4 is 15.4 Å². The van der Waals surface area contributed by atoms with E-state index in [-0.39, 0.29) is 5.91 Å². The fraction of sp³-hybridized carbons (Fsp3) is 0.136. The second-order valence-corrected chi connectivity index (χ2v) is 8.02. The second-order valence-electron chi connectivity index (χ2n) is 6.61. The van der Waals surface area contributed by atoms with E-state index in [4.69, 9.17) is 16.3 Å². The number of nitrogens with zero attached hydrogens (tertiary/aromatic N) is 2. The van der Waals surface area contributed by atoms with E-state index in [0.717, 1.165) is 31.5 Å². The highest BCUT2D eigenvalue weighted by molar-refractivity contribution is 7.22. The number of anilines is 1. The molecule has 0 saturated carbocycles. The molecule has 8 heteroatoms. The Bertz CT molecular complexity index is 1220. The molecule has 0 aliphatic heterocycles. The Morgan fingerprint density at radius 3 is 2.83 bits per heavy atom. The van der Waals surface area contributed by atoms with E-state index in [1.54, 1.807) is 36.7 Å². The molecule has 0 radical (unpaired) electrons. The van der Waals surface area contributed by atoms with Gasteiger partial charge in [0.1, 0.15) is 17.2 Å². The number of hydrogen-bond acceptors (Lipinski definition) is 6. The highest BCUT2D eigenvalue weighted by atomic mass is 35.5. The summed E-state index contributed by atoms with van der Waals surface area (Å²) >= 11 is 7.91. The van der Waals surface area contributed by atoms with E-state index < -0.39 is 0 Å². The average Bonchev–Trinajstić information content (AvgIpc) is 3.16. The van der Waals surface area contributed by atoms with Gasteiger partial charge >= 0.3 is 0 Å². The Morgan fingerprint density at radius 2 is 2.00 bits per heavy atom. The number of fused-ring (bicyclic) bond motifs is 1. The molecule has 2 heterocycles. The van der Waals surface area contributed by atoms with Crippen molar-refractivity contribution in [1.29, 1.82) is 0 Å². The van der Waals surface area contributed by atoms with Crippen molar-refractivity contribution in [2.45, 2.75) is 13.5 Å². The van der Waals surface area contributed by atoms with Gasteiger partial charge in [-0.25, -0.2) is 4.98 Å². The van der Waals surface area contributed by atoms with Crippen LogP contribution in [-0.2, 0) is 6.54 Å². The van der Waals surface area contributed by atoms with Gasteiger partial charge in [-0.3, -0.25) is 9.78 Å². The number of carbonyl (C=O) groups excluding carboxylic acids is 1. The summed E-state index contributed by atoms with van der Waals surface area (Å²) in [7, 11) is 1.56. The van der Waals surface area contributed by atoms with Gasteiger partial charge in [-0.2, -0.15) is 0 Å². The normalized spacial score (nSPS) is 10.8. The number of hydrogen-bond donors (Lipinski definition) is 2. The van der Waals surface area contributed by atoms with Crippen LogP contribution in [0, 0.1) is 6.92 Å². The number of rotatable bonds is 6. The van der Waals surface area contributed by atoms with Crippen LogP contribution in [0.5, 0.6) is 11.5 Å². The van der Waals surface area contributed by atoms with Crippen LogP contribution in [0.25, 0.3) is 10.2 Å². The Morgan fingerprint density at radius 1 is 1.17 bits per heavy atom. The standard InChI is InChI=1S/C22H19ClN4O2S/c1-13-4-3-5-14(20(13)23)12-26-22-27-17-7-6-15(11-19(17)30-22)29-16-8-9-25-18(10-16)21(28)24-2/h3-11H,12H2,1-2H3,(H,24,28)(H,26,27). The number of carbonyl (C=O) groups is 1. The number of amides is 1. The predicted molar refractivity (Wildman–Crippen MR) is 121 cm³/mol. The average molecular weight is 439 g/mol. The zero-order valence-electron chi connectivity index (χ0n) is 16.4. The molecule has 30 heavy (non-hydrogen) atoms. The number of nitrogens with one attached hydrogen (secondary N) is 2. The molecule has 6 nitrogen and oxygen atoms in total. The first-order valence-corrected chi connectivity index (χ1v) is 10.5. The second kappa shape index (κ2) is 8.69. The number of thiazole rings is 1. The zero-order chi connectivity index (χ0) is 21.1. The Labute approximate surface area is 182 Å². The van der Waals surface area contributed by atoms with Crippen LogP contribution in [0.4, 0.5) is 5.13 Å². The fourth-order valence-corrected chi connectivity index (χ4v) is 4.01. The third-order valence-electron chi connectivity index (χ3n) is 4.49. The summed E-state index contributed by atoms with van der Waals surface area (Å²) in [6, 6.07) is 15.0. The number of ether oxygens (including phenoxy) is 1. The van der Waals surface area contributed by atoms with Gasteiger partial charge in [-0.1, -0.05) is 41.1 Å². The molecule has 0 fully saturated rings. The van der Waals surface area contributed by atoms with Crippen molar-refractivity contribution in [1.82, 2.24) is 15.3 Å². The van der Waals surface area contributed by atoms with Gasteiger partial charge in [-0.05, 0) is 36.2 Å². The Kier molecular flexibility index (Phi) is 5.83. The molecule has 152 valence electrons. The van der Waals surface area contributed by atoms with Crippen molar-refractivity contribution in [2.75, 3.05) is 12.4 Å². The van der Waals surface area contributed by atoms with E-state index in [9.17, 15) is 4.79 Å². The molecule has 0 unspecified atom stereocenters. The van der Waals surface area contributed by atoms with E-state index in [1.165, 1.54) is 0 Å². The molecular formula is C22H19ClN4O2S. The first-order valence-electron chi connectivity index (χ1n) is 9.28. The molecule has 0 aliphatic rings. The van der Waals surface area contributed by atoms with Gasteiger partial charge in [0.25, 0.3) is 5.91 Å². The number of pyridine rings is 1. The molecule has 2 aromatic carbocycles. The van der Waals surface area contributed by atoms with Gasteiger partial charge in [0.15, 0.2) is 5.13 Å². The molecule has 2 aromatic heterocycles.